The minimum absolute atomic E-state index is 0.528. The molecule has 6 nitrogen and oxygen atoms in total. The Labute approximate surface area is 168 Å². The number of rotatable bonds is 6. The highest BCUT2D eigenvalue weighted by atomic mass is 16.5. The van der Waals surface area contributed by atoms with Crippen molar-refractivity contribution < 1.29 is 4.74 Å². The number of hydrogen-bond acceptors (Lipinski definition) is 5. The predicted octanol–water partition coefficient (Wildman–Crippen LogP) is 3.19. The minimum Gasteiger partial charge on any atom is -0.497 e. The monoisotopic (exact) mass is 383 g/mol. The normalized spacial score (nSPS) is 19.8. The average molecular weight is 384 g/mol. The number of benzene rings is 1. The van der Waals surface area contributed by atoms with Gasteiger partial charge in [-0.2, -0.15) is 0 Å². The van der Waals surface area contributed by atoms with Crippen LogP contribution >= 0.6 is 0 Å². The molecule has 6 heteroatoms. The van der Waals surface area contributed by atoms with Crippen molar-refractivity contribution in [1.29, 1.82) is 0 Å². The summed E-state index contributed by atoms with van der Waals surface area (Å²) in [6.07, 6.45) is 6.32. The number of aromatic nitrogens is 3. The Hall–Kier alpha value is -1.92. The highest BCUT2D eigenvalue weighted by Gasteiger charge is 2.25. The van der Waals surface area contributed by atoms with E-state index in [0.717, 1.165) is 50.6 Å². The number of ether oxygens (including phenoxy) is 1. The molecule has 2 aliphatic heterocycles. The maximum atomic E-state index is 5.25. The Kier molecular flexibility index (Phi) is 6.27. The van der Waals surface area contributed by atoms with Crippen molar-refractivity contribution in [3.05, 3.63) is 41.5 Å². The van der Waals surface area contributed by atoms with Crippen LogP contribution in [0, 0.1) is 0 Å². The van der Waals surface area contributed by atoms with Crippen molar-refractivity contribution in [1.82, 2.24) is 24.6 Å². The van der Waals surface area contributed by atoms with Crippen molar-refractivity contribution in [2.45, 2.75) is 51.1 Å². The van der Waals surface area contributed by atoms with Gasteiger partial charge < -0.3 is 9.30 Å². The minimum atomic E-state index is 0.528. The first-order valence-corrected chi connectivity index (χ1v) is 10.7. The van der Waals surface area contributed by atoms with Gasteiger partial charge in [0.25, 0.3) is 0 Å². The smallest absolute Gasteiger partial charge is 0.146 e. The molecule has 0 aliphatic carbocycles. The van der Waals surface area contributed by atoms with Crippen LogP contribution < -0.4 is 4.74 Å². The van der Waals surface area contributed by atoms with E-state index in [1.807, 2.05) is 12.1 Å². The first-order chi connectivity index (χ1) is 13.7. The molecule has 0 atom stereocenters. The van der Waals surface area contributed by atoms with E-state index in [-0.39, 0.29) is 0 Å². The van der Waals surface area contributed by atoms with E-state index >= 15 is 0 Å². The van der Waals surface area contributed by atoms with E-state index in [2.05, 4.69) is 43.7 Å². The Bertz CT molecular complexity index is 743. The van der Waals surface area contributed by atoms with Gasteiger partial charge >= 0.3 is 0 Å². The maximum absolute atomic E-state index is 5.25. The van der Waals surface area contributed by atoms with Gasteiger partial charge in [0.15, 0.2) is 0 Å². The fourth-order valence-electron chi connectivity index (χ4n) is 4.52. The number of nitrogens with zero attached hydrogens (tertiary/aromatic N) is 5. The Morgan fingerprint density at radius 2 is 1.57 bits per heavy atom. The molecular weight excluding hydrogens is 350 g/mol. The fraction of sp³-hybridized carbons (Fsp3) is 0.636. The Balaban J connectivity index is 1.30. The van der Waals surface area contributed by atoms with Gasteiger partial charge in [-0.1, -0.05) is 18.6 Å². The molecule has 3 heterocycles. The molecule has 152 valence electrons. The van der Waals surface area contributed by atoms with Gasteiger partial charge in [0.2, 0.25) is 0 Å². The standard InChI is InChI=1S/C22H33N5O/c1-25-21(17-26-12-4-3-5-13-26)23-24-22(25)19-10-14-27(15-11-19)16-18-6-8-20(28-2)9-7-18/h6-9,19H,3-5,10-17H2,1-2H3. The molecule has 2 aromatic rings. The molecule has 0 saturated carbocycles. The van der Waals surface area contributed by atoms with Crippen LogP contribution in [0.5, 0.6) is 5.75 Å². The Morgan fingerprint density at radius 1 is 0.893 bits per heavy atom. The van der Waals surface area contributed by atoms with E-state index in [9.17, 15) is 0 Å². The lowest BCUT2D eigenvalue weighted by Gasteiger charge is -2.31. The molecule has 4 rings (SSSR count). The highest BCUT2D eigenvalue weighted by molar-refractivity contribution is 5.27. The van der Waals surface area contributed by atoms with Crippen LogP contribution in [-0.2, 0) is 20.1 Å². The lowest BCUT2D eigenvalue weighted by molar-refractivity contribution is 0.199. The van der Waals surface area contributed by atoms with Gasteiger partial charge in [-0.15, -0.1) is 10.2 Å². The topological polar surface area (TPSA) is 46.4 Å². The zero-order valence-corrected chi connectivity index (χ0v) is 17.3. The number of hydrogen-bond donors (Lipinski definition) is 0. The Morgan fingerprint density at radius 3 is 2.25 bits per heavy atom. The first-order valence-electron chi connectivity index (χ1n) is 10.7. The lowest BCUT2D eigenvalue weighted by atomic mass is 9.95. The second kappa shape index (κ2) is 9.05. The second-order valence-electron chi connectivity index (χ2n) is 8.27. The molecule has 0 spiro atoms. The molecule has 0 bridgehead atoms. The van der Waals surface area contributed by atoms with Crippen LogP contribution in [0.15, 0.2) is 24.3 Å². The number of likely N-dealkylation sites (tertiary alicyclic amines) is 2. The fourth-order valence-corrected chi connectivity index (χ4v) is 4.52. The number of methoxy groups -OCH3 is 1. The molecule has 2 fully saturated rings. The van der Waals surface area contributed by atoms with E-state index in [0.29, 0.717) is 5.92 Å². The van der Waals surface area contributed by atoms with Gasteiger partial charge in [-0.05, 0) is 69.6 Å². The van der Waals surface area contributed by atoms with Gasteiger partial charge in [-0.25, -0.2) is 0 Å². The van der Waals surface area contributed by atoms with Crippen molar-refractivity contribution in [2.75, 3.05) is 33.3 Å². The SMILES string of the molecule is COc1ccc(CN2CCC(c3nnc(CN4CCCCC4)n3C)CC2)cc1. The third-order valence-corrected chi connectivity index (χ3v) is 6.33. The molecule has 2 aliphatic rings. The molecular formula is C22H33N5O. The third kappa shape index (κ3) is 4.55. The number of piperidine rings is 2. The zero-order valence-electron chi connectivity index (χ0n) is 17.3. The van der Waals surface area contributed by atoms with Gasteiger partial charge in [-0.3, -0.25) is 9.80 Å². The van der Waals surface area contributed by atoms with Crippen molar-refractivity contribution in [3.63, 3.8) is 0 Å². The summed E-state index contributed by atoms with van der Waals surface area (Å²) in [5, 5.41) is 9.12. The summed E-state index contributed by atoms with van der Waals surface area (Å²) in [5.74, 6) is 3.75. The molecule has 0 amide bonds. The molecule has 0 N–H and O–H groups in total. The predicted molar refractivity (Wildman–Crippen MR) is 110 cm³/mol. The highest BCUT2D eigenvalue weighted by Crippen LogP contribution is 2.28. The summed E-state index contributed by atoms with van der Waals surface area (Å²) >= 11 is 0. The molecule has 0 radical (unpaired) electrons. The van der Waals surface area contributed by atoms with E-state index < -0.39 is 0 Å². The second-order valence-corrected chi connectivity index (χ2v) is 8.27. The molecule has 2 saturated heterocycles. The first kappa shape index (κ1) is 19.4. The van der Waals surface area contributed by atoms with Crippen LogP contribution in [0.3, 0.4) is 0 Å². The van der Waals surface area contributed by atoms with Crippen molar-refractivity contribution in [2.24, 2.45) is 7.05 Å². The molecule has 28 heavy (non-hydrogen) atoms. The van der Waals surface area contributed by atoms with Crippen LogP contribution in [0.2, 0.25) is 0 Å². The summed E-state index contributed by atoms with van der Waals surface area (Å²) in [4.78, 5) is 5.07. The average Bonchev–Trinajstić information content (AvgIpc) is 3.10. The summed E-state index contributed by atoms with van der Waals surface area (Å²) in [7, 11) is 3.86. The maximum Gasteiger partial charge on any atom is 0.146 e. The van der Waals surface area contributed by atoms with Crippen LogP contribution in [0.4, 0.5) is 0 Å². The van der Waals surface area contributed by atoms with Crippen molar-refractivity contribution >= 4 is 0 Å². The molecule has 1 aromatic carbocycles. The van der Waals surface area contributed by atoms with E-state index in [4.69, 9.17) is 4.74 Å². The van der Waals surface area contributed by atoms with Gasteiger partial charge in [0, 0.05) is 19.5 Å². The van der Waals surface area contributed by atoms with Crippen LogP contribution in [0.25, 0.3) is 0 Å². The molecule has 0 unspecified atom stereocenters. The van der Waals surface area contributed by atoms with Gasteiger partial charge in [0.1, 0.15) is 17.4 Å². The van der Waals surface area contributed by atoms with Crippen molar-refractivity contribution in [3.8, 4) is 5.75 Å². The molecule has 1 aromatic heterocycles. The summed E-state index contributed by atoms with van der Waals surface area (Å²) < 4.78 is 7.51. The van der Waals surface area contributed by atoms with E-state index in [1.54, 1.807) is 7.11 Å². The van der Waals surface area contributed by atoms with Crippen LogP contribution in [-0.4, -0.2) is 57.9 Å². The summed E-state index contributed by atoms with van der Waals surface area (Å²) in [6, 6.07) is 8.43. The van der Waals surface area contributed by atoms with E-state index in [1.165, 1.54) is 43.7 Å². The summed E-state index contributed by atoms with van der Waals surface area (Å²) in [6.45, 7) is 6.59. The van der Waals surface area contributed by atoms with Gasteiger partial charge in [0.05, 0.1) is 13.7 Å². The third-order valence-electron chi connectivity index (χ3n) is 6.33. The quantitative estimate of drug-likeness (QED) is 0.767. The lowest BCUT2D eigenvalue weighted by Crippen LogP contribution is -2.33. The largest absolute Gasteiger partial charge is 0.497 e. The summed E-state index contributed by atoms with van der Waals surface area (Å²) in [5.41, 5.74) is 1.35. The van der Waals surface area contributed by atoms with Crippen LogP contribution in [0.1, 0.15) is 55.2 Å². The zero-order chi connectivity index (χ0) is 19.3.